The molecule has 0 atom stereocenters. The van der Waals surface area contributed by atoms with Crippen molar-refractivity contribution >= 4 is 23.4 Å². The van der Waals surface area contributed by atoms with Crippen molar-refractivity contribution in [2.75, 3.05) is 24.3 Å². The van der Waals surface area contributed by atoms with Crippen molar-refractivity contribution in [3.8, 4) is 34.1 Å². The number of amides is 1. The molecule has 1 aromatic heterocycles. The Morgan fingerprint density at radius 1 is 0.912 bits per heavy atom. The van der Waals surface area contributed by atoms with Crippen LogP contribution in [0.1, 0.15) is 13.8 Å². The Hall–Kier alpha value is -3.71. The summed E-state index contributed by atoms with van der Waals surface area (Å²) >= 11 is 1.24. The molecule has 174 valence electrons. The van der Waals surface area contributed by atoms with Gasteiger partial charge in [0.25, 0.3) is 5.22 Å². The summed E-state index contributed by atoms with van der Waals surface area (Å²) in [5, 5.41) is 3.35. The maximum absolute atomic E-state index is 12.7. The van der Waals surface area contributed by atoms with Gasteiger partial charge in [-0.3, -0.25) is 4.79 Å². The van der Waals surface area contributed by atoms with Gasteiger partial charge in [0.15, 0.2) is 5.76 Å². The lowest BCUT2D eigenvalue weighted by Gasteiger charge is -2.13. The fourth-order valence-corrected chi connectivity index (χ4v) is 4.02. The van der Waals surface area contributed by atoms with E-state index < -0.39 is 0 Å². The first-order chi connectivity index (χ1) is 16.7. The highest BCUT2D eigenvalue weighted by Gasteiger charge is 2.18. The van der Waals surface area contributed by atoms with E-state index in [1.54, 1.807) is 12.1 Å². The number of carbonyl (C=O) groups excluding carboxylic acids is 1. The van der Waals surface area contributed by atoms with Crippen LogP contribution >= 0.6 is 11.8 Å². The van der Waals surface area contributed by atoms with Crippen molar-refractivity contribution in [1.29, 1.82) is 0 Å². The minimum Gasteiger partial charge on any atom is -0.494 e. The molecule has 4 aromatic rings. The first-order valence-electron chi connectivity index (χ1n) is 11.1. The molecule has 1 amide bonds. The van der Waals surface area contributed by atoms with Gasteiger partial charge in [-0.2, -0.15) is 0 Å². The summed E-state index contributed by atoms with van der Waals surface area (Å²) in [6.45, 7) is 4.84. The van der Waals surface area contributed by atoms with Gasteiger partial charge in [0.1, 0.15) is 17.2 Å². The number of rotatable bonds is 10. The maximum atomic E-state index is 12.7. The molecule has 0 aliphatic carbocycles. The van der Waals surface area contributed by atoms with Crippen molar-refractivity contribution in [3.63, 3.8) is 0 Å². The summed E-state index contributed by atoms with van der Waals surface area (Å²) in [6, 6.07) is 25.1. The third kappa shape index (κ3) is 5.80. The van der Waals surface area contributed by atoms with Gasteiger partial charge >= 0.3 is 0 Å². The molecular formula is C27H26N2O4S. The molecule has 0 aliphatic heterocycles. The lowest BCUT2D eigenvalue weighted by molar-refractivity contribution is -0.113. The molecule has 1 N–H and O–H groups in total. The number of ether oxygens (including phenoxy) is 2. The first kappa shape index (κ1) is 23.4. The van der Waals surface area contributed by atoms with Gasteiger partial charge in [-0.1, -0.05) is 72.4 Å². The fraction of sp³-hybridized carbons (Fsp3) is 0.185. The van der Waals surface area contributed by atoms with Gasteiger partial charge in [-0.25, -0.2) is 4.98 Å². The molecule has 7 heteroatoms. The van der Waals surface area contributed by atoms with E-state index >= 15 is 0 Å². The SMILES string of the molecule is CCOc1ccc(OCC)c(NC(=O)CSc2nc(-c3ccccc3)c(-c3ccccc3)o2)c1. The second kappa shape index (κ2) is 11.4. The lowest BCUT2D eigenvalue weighted by Crippen LogP contribution is -2.15. The minimum absolute atomic E-state index is 0.132. The van der Waals surface area contributed by atoms with E-state index in [4.69, 9.17) is 18.9 Å². The third-order valence-electron chi connectivity index (χ3n) is 4.85. The van der Waals surface area contributed by atoms with E-state index in [1.807, 2.05) is 80.6 Å². The van der Waals surface area contributed by atoms with Crippen molar-refractivity contribution in [2.24, 2.45) is 0 Å². The molecule has 0 bridgehead atoms. The molecule has 3 aromatic carbocycles. The molecule has 4 rings (SSSR count). The summed E-state index contributed by atoms with van der Waals surface area (Å²) in [5.41, 5.74) is 3.20. The summed E-state index contributed by atoms with van der Waals surface area (Å²) in [6.07, 6.45) is 0. The number of anilines is 1. The second-order valence-corrected chi connectivity index (χ2v) is 8.18. The minimum atomic E-state index is -0.194. The van der Waals surface area contributed by atoms with E-state index in [9.17, 15) is 4.79 Å². The Balaban J connectivity index is 1.51. The Labute approximate surface area is 203 Å². The van der Waals surface area contributed by atoms with Crippen molar-refractivity contribution in [2.45, 2.75) is 19.1 Å². The highest BCUT2D eigenvalue weighted by Crippen LogP contribution is 2.36. The molecule has 0 saturated heterocycles. The number of aromatic nitrogens is 1. The van der Waals surface area contributed by atoms with Gasteiger partial charge in [0.2, 0.25) is 5.91 Å². The van der Waals surface area contributed by atoms with Gasteiger partial charge in [-0.15, -0.1) is 0 Å². The molecule has 0 unspecified atom stereocenters. The van der Waals surface area contributed by atoms with Crippen molar-refractivity contribution < 1.29 is 18.7 Å². The van der Waals surface area contributed by atoms with E-state index in [-0.39, 0.29) is 11.7 Å². The van der Waals surface area contributed by atoms with Crippen LogP contribution < -0.4 is 14.8 Å². The van der Waals surface area contributed by atoms with Crippen molar-refractivity contribution in [3.05, 3.63) is 78.9 Å². The van der Waals surface area contributed by atoms with Gasteiger partial charge < -0.3 is 19.2 Å². The quantitative estimate of drug-likeness (QED) is 0.263. The summed E-state index contributed by atoms with van der Waals surface area (Å²) < 4.78 is 17.3. The van der Waals surface area contributed by atoms with E-state index in [2.05, 4.69) is 5.32 Å². The van der Waals surface area contributed by atoms with Crippen LogP contribution in [0.2, 0.25) is 0 Å². The molecule has 0 radical (unpaired) electrons. The smallest absolute Gasteiger partial charge is 0.257 e. The number of carbonyl (C=O) groups is 1. The predicted molar refractivity (Wildman–Crippen MR) is 136 cm³/mol. The molecule has 0 fully saturated rings. The van der Waals surface area contributed by atoms with Gasteiger partial charge in [0, 0.05) is 17.2 Å². The Morgan fingerprint density at radius 3 is 2.26 bits per heavy atom. The molecule has 0 spiro atoms. The van der Waals surface area contributed by atoms with Crippen LogP contribution in [0, 0.1) is 0 Å². The molecule has 1 heterocycles. The Kier molecular flexibility index (Phi) is 7.88. The summed E-state index contributed by atoms with van der Waals surface area (Å²) in [5.74, 6) is 1.88. The third-order valence-corrected chi connectivity index (χ3v) is 5.68. The number of nitrogens with one attached hydrogen (secondary N) is 1. The largest absolute Gasteiger partial charge is 0.494 e. The first-order valence-corrected chi connectivity index (χ1v) is 12.1. The van der Waals surface area contributed by atoms with Gasteiger partial charge in [0.05, 0.1) is 24.7 Å². The fourth-order valence-electron chi connectivity index (χ4n) is 3.40. The zero-order valence-corrected chi connectivity index (χ0v) is 19.9. The molecule has 34 heavy (non-hydrogen) atoms. The molecule has 0 aliphatic rings. The lowest BCUT2D eigenvalue weighted by atomic mass is 10.1. The normalized spacial score (nSPS) is 10.6. The average Bonchev–Trinajstić information content (AvgIpc) is 3.30. The number of nitrogens with zero attached hydrogens (tertiary/aromatic N) is 1. The summed E-state index contributed by atoms with van der Waals surface area (Å²) in [4.78, 5) is 17.4. The number of oxazole rings is 1. The van der Waals surface area contributed by atoms with E-state index in [1.165, 1.54) is 11.8 Å². The number of hydrogen-bond acceptors (Lipinski definition) is 6. The predicted octanol–water partition coefficient (Wildman–Crippen LogP) is 6.54. The highest BCUT2D eigenvalue weighted by atomic mass is 32.2. The van der Waals surface area contributed by atoms with Crippen LogP contribution in [0.15, 0.2) is 88.5 Å². The van der Waals surface area contributed by atoms with Crippen LogP contribution in [0.3, 0.4) is 0 Å². The van der Waals surface area contributed by atoms with Crippen molar-refractivity contribution in [1.82, 2.24) is 4.98 Å². The zero-order chi connectivity index (χ0) is 23.8. The molecule has 0 saturated carbocycles. The molecule has 6 nitrogen and oxygen atoms in total. The van der Waals surface area contributed by atoms with Crippen LogP contribution in [0.5, 0.6) is 11.5 Å². The van der Waals surface area contributed by atoms with E-state index in [0.717, 1.165) is 16.8 Å². The van der Waals surface area contributed by atoms with E-state index in [0.29, 0.717) is 41.4 Å². The van der Waals surface area contributed by atoms with Gasteiger partial charge in [-0.05, 0) is 26.0 Å². The number of thioether (sulfide) groups is 1. The van der Waals surface area contributed by atoms with Crippen LogP contribution in [0.4, 0.5) is 5.69 Å². The topological polar surface area (TPSA) is 73.6 Å². The maximum Gasteiger partial charge on any atom is 0.257 e. The van der Waals surface area contributed by atoms with Crippen LogP contribution in [-0.2, 0) is 4.79 Å². The number of benzene rings is 3. The van der Waals surface area contributed by atoms with Crippen LogP contribution in [-0.4, -0.2) is 29.9 Å². The molecular weight excluding hydrogens is 448 g/mol. The zero-order valence-electron chi connectivity index (χ0n) is 19.1. The average molecular weight is 475 g/mol. The standard InChI is InChI=1S/C27H26N2O4S/c1-3-31-21-15-16-23(32-4-2)22(17-21)28-24(30)18-34-27-29-25(19-11-7-5-8-12-19)26(33-27)20-13-9-6-10-14-20/h5-17H,3-4,18H2,1-2H3,(H,28,30). The summed E-state index contributed by atoms with van der Waals surface area (Å²) in [7, 11) is 0. The Bertz CT molecular complexity index is 1170. The number of hydrogen-bond donors (Lipinski definition) is 1. The van der Waals surface area contributed by atoms with Crippen LogP contribution in [0.25, 0.3) is 22.6 Å². The highest BCUT2D eigenvalue weighted by molar-refractivity contribution is 7.99. The Morgan fingerprint density at radius 2 is 1.59 bits per heavy atom. The monoisotopic (exact) mass is 474 g/mol. The second-order valence-electron chi connectivity index (χ2n) is 7.25.